The number of carbonyl (C=O) groups is 1. The Hall–Kier alpha value is -0.810. The summed E-state index contributed by atoms with van der Waals surface area (Å²) < 4.78 is 27.6. The Balaban J connectivity index is 3.41. The minimum absolute atomic E-state index is 0.0536. The average Bonchev–Trinajstić information content (AvgIpc) is 2.22. The second-order valence-electron chi connectivity index (χ2n) is 5.39. The van der Waals surface area contributed by atoms with Gasteiger partial charge in [-0.05, 0) is 41.9 Å². The van der Waals surface area contributed by atoms with Gasteiger partial charge in [0.1, 0.15) is 5.82 Å². The first-order chi connectivity index (χ1) is 8.00. The van der Waals surface area contributed by atoms with E-state index >= 15 is 0 Å². The predicted octanol–water partition coefficient (Wildman–Crippen LogP) is 3.67. The Morgan fingerprint density at radius 3 is 2.17 bits per heavy atom. The number of hydrogen-bond acceptors (Lipinski definition) is 2. The minimum Gasteiger partial charge on any atom is -0.325 e. The quantitative estimate of drug-likeness (QED) is 0.682. The SMILES string of the molecule is CC(C)(N)C(C)(C)C(=O)c1c(F)ccc(Br)c1F. The zero-order chi connectivity index (χ0) is 14.3. The Morgan fingerprint density at radius 1 is 1.22 bits per heavy atom. The molecule has 1 rings (SSSR count). The average molecular weight is 320 g/mol. The summed E-state index contributed by atoms with van der Waals surface area (Å²) in [6, 6.07) is 2.28. The lowest BCUT2D eigenvalue weighted by atomic mass is 9.70. The molecule has 0 atom stereocenters. The van der Waals surface area contributed by atoms with Crippen molar-refractivity contribution >= 4 is 21.7 Å². The highest BCUT2D eigenvalue weighted by Crippen LogP contribution is 2.35. The molecule has 0 unspecified atom stereocenters. The van der Waals surface area contributed by atoms with Crippen LogP contribution in [0.3, 0.4) is 0 Å². The molecule has 2 N–H and O–H groups in total. The van der Waals surface area contributed by atoms with Gasteiger partial charge in [0.15, 0.2) is 11.6 Å². The van der Waals surface area contributed by atoms with Gasteiger partial charge in [-0.25, -0.2) is 8.78 Å². The molecule has 0 aliphatic carbocycles. The third-order valence-corrected chi connectivity index (χ3v) is 4.06. The third-order valence-electron chi connectivity index (χ3n) is 3.45. The number of Topliss-reactive ketones (excluding diaryl/α,β-unsaturated/α-hetero) is 1. The zero-order valence-electron chi connectivity index (χ0n) is 10.8. The van der Waals surface area contributed by atoms with E-state index in [1.165, 1.54) is 6.07 Å². The molecule has 1 aromatic rings. The van der Waals surface area contributed by atoms with Gasteiger partial charge in [-0.1, -0.05) is 13.8 Å². The molecule has 2 nitrogen and oxygen atoms in total. The van der Waals surface area contributed by atoms with Crippen LogP contribution in [0.1, 0.15) is 38.1 Å². The summed E-state index contributed by atoms with van der Waals surface area (Å²) in [6.07, 6.45) is 0. The van der Waals surface area contributed by atoms with Gasteiger partial charge in [-0.2, -0.15) is 0 Å². The molecule has 0 heterocycles. The first kappa shape index (κ1) is 15.2. The molecule has 0 aliphatic rings. The molecule has 5 heteroatoms. The van der Waals surface area contributed by atoms with Crippen LogP contribution in [0.5, 0.6) is 0 Å². The molecular formula is C13H16BrF2NO. The van der Waals surface area contributed by atoms with E-state index in [0.717, 1.165) is 6.07 Å². The van der Waals surface area contributed by atoms with Gasteiger partial charge in [0.05, 0.1) is 10.0 Å². The first-order valence-electron chi connectivity index (χ1n) is 5.47. The Morgan fingerprint density at radius 2 is 1.72 bits per heavy atom. The molecule has 0 radical (unpaired) electrons. The van der Waals surface area contributed by atoms with Gasteiger partial charge in [0, 0.05) is 11.0 Å². The van der Waals surface area contributed by atoms with E-state index < -0.39 is 33.9 Å². The molecule has 1 aromatic carbocycles. The number of ketones is 1. The van der Waals surface area contributed by atoms with E-state index in [9.17, 15) is 13.6 Å². The molecule has 0 spiro atoms. The van der Waals surface area contributed by atoms with Gasteiger partial charge in [-0.3, -0.25) is 4.79 Å². The number of carbonyl (C=O) groups excluding carboxylic acids is 1. The van der Waals surface area contributed by atoms with Crippen LogP contribution >= 0.6 is 15.9 Å². The van der Waals surface area contributed by atoms with Crippen molar-refractivity contribution in [3.63, 3.8) is 0 Å². The Labute approximate surface area is 114 Å². The van der Waals surface area contributed by atoms with Crippen molar-refractivity contribution in [3.8, 4) is 0 Å². The lowest BCUT2D eigenvalue weighted by molar-refractivity contribution is 0.0725. The van der Waals surface area contributed by atoms with E-state index in [2.05, 4.69) is 15.9 Å². The summed E-state index contributed by atoms with van der Waals surface area (Å²) in [5, 5.41) is 0. The molecule has 0 saturated carbocycles. The van der Waals surface area contributed by atoms with E-state index in [1.54, 1.807) is 27.7 Å². The Kier molecular flexibility index (Phi) is 3.98. The van der Waals surface area contributed by atoms with Gasteiger partial charge in [0.2, 0.25) is 0 Å². The van der Waals surface area contributed by atoms with E-state index in [-0.39, 0.29) is 4.47 Å². The summed E-state index contributed by atoms with van der Waals surface area (Å²) in [4.78, 5) is 12.3. The normalized spacial score (nSPS) is 12.7. The first-order valence-corrected chi connectivity index (χ1v) is 6.26. The van der Waals surface area contributed by atoms with Gasteiger partial charge in [0.25, 0.3) is 0 Å². The number of nitrogens with two attached hydrogens (primary N) is 1. The molecule has 0 aliphatic heterocycles. The maximum Gasteiger partial charge on any atom is 0.176 e. The second-order valence-corrected chi connectivity index (χ2v) is 6.25. The number of halogens is 3. The van der Waals surface area contributed by atoms with Crippen LogP contribution in [-0.2, 0) is 0 Å². The van der Waals surface area contributed by atoms with Crippen LogP contribution in [-0.4, -0.2) is 11.3 Å². The van der Waals surface area contributed by atoms with Crippen molar-refractivity contribution in [1.82, 2.24) is 0 Å². The van der Waals surface area contributed by atoms with Gasteiger partial charge in [-0.15, -0.1) is 0 Å². The molecule has 0 saturated heterocycles. The Bertz CT molecular complexity index is 492. The minimum atomic E-state index is -1.09. The van der Waals surface area contributed by atoms with Gasteiger partial charge < -0.3 is 5.73 Å². The molecule has 18 heavy (non-hydrogen) atoms. The van der Waals surface area contributed by atoms with Crippen LogP contribution < -0.4 is 5.73 Å². The smallest absolute Gasteiger partial charge is 0.176 e. The monoisotopic (exact) mass is 319 g/mol. The molecule has 0 aromatic heterocycles. The van der Waals surface area contributed by atoms with Crippen molar-refractivity contribution in [1.29, 1.82) is 0 Å². The van der Waals surface area contributed by atoms with E-state index in [1.807, 2.05) is 0 Å². The van der Waals surface area contributed by atoms with Crippen LogP contribution in [0.2, 0.25) is 0 Å². The van der Waals surface area contributed by atoms with E-state index in [4.69, 9.17) is 5.73 Å². The number of hydrogen-bond donors (Lipinski definition) is 1. The maximum atomic E-state index is 13.9. The van der Waals surface area contributed by atoms with Crippen LogP contribution in [0, 0.1) is 17.0 Å². The highest BCUT2D eigenvalue weighted by atomic mass is 79.9. The fourth-order valence-electron chi connectivity index (χ4n) is 1.34. The largest absolute Gasteiger partial charge is 0.325 e. The lowest BCUT2D eigenvalue weighted by Crippen LogP contribution is -2.52. The topological polar surface area (TPSA) is 43.1 Å². The number of rotatable bonds is 3. The summed E-state index contributed by atoms with van der Waals surface area (Å²) >= 11 is 2.94. The van der Waals surface area contributed by atoms with Crippen molar-refractivity contribution < 1.29 is 13.6 Å². The summed E-state index contributed by atoms with van der Waals surface area (Å²) in [7, 11) is 0. The summed E-state index contributed by atoms with van der Waals surface area (Å²) in [5.41, 5.74) is 3.38. The summed E-state index contributed by atoms with van der Waals surface area (Å²) in [6.45, 7) is 6.46. The fourth-order valence-corrected chi connectivity index (χ4v) is 1.67. The fraction of sp³-hybridized carbons (Fsp3) is 0.462. The van der Waals surface area contributed by atoms with Crippen molar-refractivity contribution in [3.05, 3.63) is 33.8 Å². The van der Waals surface area contributed by atoms with Crippen molar-refractivity contribution in [2.24, 2.45) is 11.1 Å². The molecule has 0 bridgehead atoms. The standard InChI is InChI=1S/C13H16BrF2NO/c1-12(2,13(3,4)17)11(18)9-8(15)6-5-7(14)10(9)16/h5-6H,17H2,1-4H3. The van der Waals surface area contributed by atoms with E-state index in [0.29, 0.717) is 0 Å². The lowest BCUT2D eigenvalue weighted by Gasteiger charge is -2.37. The molecule has 0 amide bonds. The highest BCUT2D eigenvalue weighted by molar-refractivity contribution is 9.10. The van der Waals surface area contributed by atoms with Crippen LogP contribution in [0.4, 0.5) is 8.78 Å². The van der Waals surface area contributed by atoms with Crippen LogP contribution in [0.15, 0.2) is 16.6 Å². The molecule has 0 fully saturated rings. The van der Waals surface area contributed by atoms with Gasteiger partial charge >= 0.3 is 0 Å². The maximum absolute atomic E-state index is 13.9. The van der Waals surface area contributed by atoms with Crippen molar-refractivity contribution in [2.75, 3.05) is 0 Å². The second kappa shape index (κ2) is 4.70. The highest BCUT2D eigenvalue weighted by Gasteiger charge is 2.42. The summed E-state index contributed by atoms with van der Waals surface area (Å²) in [5.74, 6) is -2.42. The zero-order valence-corrected chi connectivity index (χ0v) is 12.4. The predicted molar refractivity (Wildman–Crippen MR) is 70.4 cm³/mol. The number of benzene rings is 1. The molecular weight excluding hydrogens is 304 g/mol. The van der Waals surface area contributed by atoms with Crippen molar-refractivity contribution in [2.45, 2.75) is 33.2 Å². The molecule has 100 valence electrons. The van der Waals surface area contributed by atoms with Crippen LogP contribution in [0.25, 0.3) is 0 Å². The third kappa shape index (κ3) is 2.47.